The van der Waals surface area contributed by atoms with Crippen molar-refractivity contribution < 1.29 is 9.69 Å². The van der Waals surface area contributed by atoms with E-state index in [0.717, 1.165) is 64.1 Å². The molecule has 0 unspecified atom stereocenters. The van der Waals surface area contributed by atoms with Gasteiger partial charge in [-0.1, -0.05) is 29.8 Å². The van der Waals surface area contributed by atoms with Crippen LogP contribution in [0.3, 0.4) is 0 Å². The fourth-order valence-corrected chi connectivity index (χ4v) is 4.48. The number of quaternary nitrogens is 1. The molecule has 4 nitrogen and oxygen atoms in total. The molecule has 26 heavy (non-hydrogen) atoms. The monoisotopic (exact) mass is 386 g/mol. The summed E-state index contributed by atoms with van der Waals surface area (Å²) in [4.78, 5) is 22.5. The van der Waals surface area contributed by atoms with Gasteiger partial charge in [-0.3, -0.25) is 4.79 Å². The Morgan fingerprint density at radius 3 is 2.69 bits per heavy atom. The summed E-state index contributed by atoms with van der Waals surface area (Å²) in [6, 6.07) is 13.6. The zero-order valence-electron chi connectivity index (χ0n) is 14.7. The van der Waals surface area contributed by atoms with Crippen LogP contribution in [0.1, 0.15) is 17.3 Å². The maximum Gasteiger partial charge on any atom is 0.255 e. The number of likely N-dealkylation sites (N-methyl/N-ethyl adjacent to an activating group) is 1. The number of amides is 1. The minimum Gasteiger partial charge on any atom is -0.332 e. The molecule has 1 fully saturated rings. The van der Waals surface area contributed by atoms with E-state index in [9.17, 15) is 4.79 Å². The molecule has 2 aromatic heterocycles. The lowest BCUT2D eigenvalue weighted by atomic mass is 10.1. The van der Waals surface area contributed by atoms with E-state index in [4.69, 9.17) is 16.6 Å². The molecular formula is C20H21ClN3OS+. The van der Waals surface area contributed by atoms with Crippen LogP contribution in [0.15, 0.2) is 42.5 Å². The first-order valence-corrected chi connectivity index (χ1v) is 10.1. The lowest BCUT2D eigenvalue weighted by Crippen LogP contribution is -3.14. The molecule has 0 spiro atoms. The largest absolute Gasteiger partial charge is 0.332 e. The number of hydrogen-bond acceptors (Lipinski definition) is 3. The van der Waals surface area contributed by atoms with Crippen molar-refractivity contribution in [2.75, 3.05) is 32.7 Å². The van der Waals surface area contributed by atoms with Crippen LogP contribution in [-0.4, -0.2) is 48.5 Å². The average Bonchev–Trinajstić information content (AvgIpc) is 3.13. The van der Waals surface area contributed by atoms with Crippen molar-refractivity contribution in [3.05, 3.63) is 52.4 Å². The van der Waals surface area contributed by atoms with Gasteiger partial charge in [0.15, 0.2) is 0 Å². The predicted molar refractivity (Wildman–Crippen MR) is 107 cm³/mol. The van der Waals surface area contributed by atoms with Crippen LogP contribution in [0.4, 0.5) is 0 Å². The minimum absolute atomic E-state index is 0.0997. The molecule has 1 aromatic carbocycles. The smallest absolute Gasteiger partial charge is 0.255 e. The number of carbonyl (C=O) groups excluding carboxylic acids is 1. The lowest BCUT2D eigenvalue weighted by molar-refractivity contribution is -0.902. The fourth-order valence-electron chi connectivity index (χ4n) is 3.48. The Morgan fingerprint density at radius 1 is 1.23 bits per heavy atom. The number of para-hydroxylation sites is 1. The Hall–Kier alpha value is -1.95. The summed E-state index contributed by atoms with van der Waals surface area (Å²) in [7, 11) is 0. The van der Waals surface area contributed by atoms with Crippen LogP contribution < -0.4 is 4.90 Å². The topological polar surface area (TPSA) is 37.6 Å². The van der Waals surface area contributed by atoms with E-state index >= 15 is 0 Å². The van der Waals surface area contributed by atoms with Gasteiger partial charge >= 0.3 is 0 Å². The third-order valence-electron chi connectivity index (χ3n) is 5.03. The summed E-state index contributed by atoms with van der Waals surface area (Å²) < 4.78 is 0.724. The van der Waals surface area contributed by atoms with Gasteiger partial charge in [0.05, 0.1) is 58.7 Å². The molecule has 0 aliphatic carbocycles. The highest BCUT2D eigenvalue weighted by Crippen LogP contribution is 2.32. The van der Waals surface area contributed by atoms with Crippen LogP contribution in [0, 0.1) is 0 Å². The van der Waals surface area contributed by atoms with E-state index in [-0.39, 0.29) is 5.91 Å². The van der Waals surface area contributed by atoms with Crippen molar-refractivity contribution in [1.29, 1.82) is 0 Å². The summed E-state index contributed by atoms with van der Waals surface area (Å²) >= 11 is 7.58. The number of rotatable bonds is 3. The van der Waals surface area contributed by atoms with Crippen molar-refractivity contribution in [3.63, 3.8) is 0 Å². The van der Waals surface area contributed by atoms with Gasteiger partial charge in [0.25, 0.3) is 5.91 Å². The Labute approximate surface area is 162 Å². The summed E-state index contributed by atoms with van der Waals surface area (Å²) in [5.41, 5.74) is 2.38. The van der Waals surface area contributed by atoms with Crippen molar-refractivity contribution in [3.8, 4) is 10.6 Å². The predicted octanol–water partition coefficient (Wildman–Crippen LogP) is 2.98. The second-order valence-corrected chi connectivity index (χ2v) is 8.29. The van der Waals surface area contributed by atoms with Gasteiger partial charge in [0.2, 0.25) is 0 Å². The molecule has 3 heterocycles. The van der Waals surface area contributed by atoms with Crippen molar-refractivity contribution in [1.82, 2.24) is 9.88 Å². The highest BCUT2D eigenvalue weighted by atomic mass is 35.5. The number of thiophene rings is 1. The number of fused-ring (bicyclic) bond motifs is 1. The summed E-state index contributed by atoms with van der Waals surface area (Å²) in [6.07, 6.45) is 0. The van der Waals surface area contributed by atoms with Crippen LogP contribution >= 0.6 is 22.9 Å². The maximum atomic E-state index is 13.3. The van der Waals surface area contributed by atoms with E-state index in [0.29, 0.717) is 0 Å². The first-order valence-electron chi connectivity index (χ1n) is 8.94. The van der Waals surface area contributed by atoms with E-state index in [1.807, 2.05) is 47.4 Å². The van der Waals surface area contributed by atoms with Gasteiger partial charge in [0.1, 0.15) is 0 Å². The van der Waals surface area contributed by atoms with Crippen molar-refractivity contribution in [2.45, 2.75) is 6.92 Å². The van der Waals surface area contributed by atoms with Crippen LogP contribution in [0.2, 0.25) is 4.34 Å². The van der Waals surface area contributed by atoms with Gasteiger partial charge in [0, 0.05) is 5.39 Å². The number of hydrogen-bond donors (Lipinski definition) is 1. The van der Waals surface area contributed by atoms with Gasteiger partial charge in [-0.15, -0.1) is 11.3 Å². The highest BCUT2D eigenvalue weighted by molar-refractivity contribution is 7.19. The molecule has 1 amide bonds. The molecule has 1 N–H and O–H groups in total. The van der Waals surface area contributed by atoms with Gasteiger partial charge in [-0.25, -0.2) is 4.98 Å². The fraction of sp³-hybridized carbons (Fsp3) is 0.300. The third kappa shape index (κ3) is 3.34. The maximum absolute atomic E-state index is 13.3. The van der Waals surface area contributed by atoms with Gasteiger partial charge in [-0.05, 0) is 31.2 Å². The molecule has 0 atom stereocenters. The number of nitrogens with one attached hydrogen (secondary N) is 1. The van der Waals surface area contributed by atoms with E-state index in [2.05, 4.69) is 6.92 Å². The average molecular weight is 387 g/mol. The molecular weight excluding hydrogens is 366 g/mol. The Morgan fingerprint density at radius 2 is 2.00 bits per heavy atom. The molecule has 1 saturated heterocycles. The summed E-state index contributed by atoms with van der Waals surface area (Å²) in [5, 5.41) is 0.911. The van der Waals surface area contributed by atoms with Crippen molar-refractivity contribution in [2.24, 2.45) is 0 Å². The molecule has 1 aliphatic rings. The summed E-state index contributed by atoms with van der Waals surface area (Å²) in [5.74, 6) is 0.0997. The van der Waals surface area contributed by atoms with E-state index in [1.165, 1.54) is 11.3 Å². The Bertz CT molecular complexity index is 947. The Kier molecular flexibility index (Phi) is 4.94. The first-order chi connectivity index (χ1) is 12.7. The number of pyridine rings is 1. The number of nitrogens with zero attached hydrogens (tertiary/aromatic N) is 2. The number of piperazine rings is 1. The van der Waals surface area contributed by atoms with Gasteiger partial charge in [-0.2, -0.15) is 0 Å². The molecule has 0 bridgehead atoms. The SMILES string of the molecule is CC[NH+]1CCN(C(=O)c2cc(-c3ccc(Cl)s3)nc3ccccc23)CC1. The number of aromatic nitrogens is 1. The second-order valence-electron chi connectivity index (χ2n) is 6.57. The normalized spacial score (nSPS) is 15.5. The quantitative estimate of drug-likeness (QED) is 0.751. The third-order valence-corrected chi connectivity index (χ3v) is 6.28. The lowest BCUT2D eigenvalue weighted by Gasteiger charge is -2.32. The second kappa shape index (κ2) is 7.35. The standard InChI is InChI=1S/C20H20ClN3OS/c1-2-23-9-11-24(12-10-23)20(25)15-13-17(18-7-8-19(21)26-18)22-16-6-4-3-5-14(15)16/h3-8,13H,2,9-12H2,1H3/p+1. The van der Waals surface area contributed by atoms with Gasteiger partial charge < -0.3 is 9.80 Å². The minimum atomic E-state index is 0.0997. The molecule has 3 aromatic rings. The van der Waals surface area contributed by atoms with Crippen LogP contribution in [-0.2, 0) is 0 Å². The van der Waals surface area contributed by atoms with Crippen LogP contribution in [0.25, 0.3) is 21.5 Å². The summed E-state index contributed by atoms with van der Waals surface area (Å²) in [6.45, 7) is 6.94. The zero-order valence-corrected chi connectivity index (χ0v) is 16.2. The number of benzene rings is 1. The molecule has 6 heteroatoms. The van der Waals surface area contributed by atoms with Crippen LogP contribution in [0.5, 0.6) is 0 Å². The first kappa shape index (κ1) is 17.5. The van der Waals surface area contributed by atoms with Crippen molar-refractivity contribution >= 4 is 39.7 Å². The van der Waals surface area contributed by atoms with E-state index < -0.39 is 0 Å². The molecule has 0 saturated carbocycles. The Balaban J connectivity index is 1.74. The number of carbonyl (C=O) groups is 1. The number of halogens is 1. The molecule has 134 valence electrons. The van der Waals surface area contributed by atoms with E-state index in [1.54, 1.807) is 4.90 Å². The molecule has 0 radical (unpaired) electrons. The zero-order chi connectivity index (χ0) is 18.1. The highest BCUT2D eigenvalue weighted by Gasteiger charge is 2.25. The molecule has 1 aliphatic heterocycles. The molecule has 4 rings (SSSR count).